The van der Waals surface area contributed by atoms with E-state index >= 15 is 0 Å². The van der Waals surface area contributed by atoms with Gasteiger partial charge in [-0.05, 0) is 150 Å². The highest BCUT2D eigenvalue weighted by Gasteiger charge is 2.07. The third-order valence-electron chi connectivity index (χ3n) is 9.19. The van der Waals surface area contributed by atoms with Crippen molar-refractivity contribution >= 4 is 5.57 Å². The van der Waals surface area contributed by atoms with Crippen LogP contribution in [0.5, 0.6) is 0 Å². The maximum atomic E-state index is 4.25. The first-order valence-electron chi connectivity index (χ1n) is 20.6. The zero-order valence-electron chi connectivity index (χ0n) is 33.0. The Hall–Kier alpha value is -2.58. The van der Waals surface area contributed by atoms with E-state index in [1.165, 1.54) is 92.0 Å². The fourth-order valence-corrected chi connectivity index (χ4v) is 6.09. The van der Waals surface area contributed by atoms with Crippen LogP contribution in [0.2, 0.25) is 0 Å². The molecule has 0 saturated carbocycles. The van der Waals surface area contributed by atoms with Crippen molar-refractivity contribution < 1.29 is 0 Å². The average Bonchev–Trinajstić information content (AvgIpc) is 3.15. The smallest absolute Gasteiger partial charge is 0.0205 e. The van der Waals surface area contributed by atoms with Crippen LogP contribution in [0.4, 0.5) is 0 Å². The van der Waals surface area contributed by atoms with E-state index in [0.29, 0.717) is 0 Å². The van der Waals surface area contributed by atoms with Gasteiger partial charge in [-0.1, -0.05) is 120 Å². The number of hydrogen-bond donors (Lipinski definition) is 6. The van der Waals surface area contributed by atoms with E-state index in [1.807, 2.05) is 0 Å². The van der Waals surface area contributed by atoms with Gasteiger partial charge in [-0.25, -0.2) is 0 Å². The van der Waals surface area contributed by atoms with Crippen molar-refractivity contribution in [2.45, 2.75) is 104 Å². The first-order chi connectivity index (χ1) is 25.2. The monoisotopic (exact) mass is 701 g/mol. The summed E-state index contributed by atoms with van der Waals surface area (Å²) in [5.41, 5.74) is 7.47. The molecule has 2 aromatic carbocycles. The first kappa shape index (κ1) is 44.6. The summed E-state index contributed by atoms with van der Waals surface area (Å²) in [6.45, 7) is 23.6. The molecule has 286 valence electrons. The quantitative estimate of drug-likeness (QED) is 0.0325. The highest BCUT2D eigenvalue weighted by molar-refractivity contribution is 5.81. The third kappa shape index (κ3) is 23.6. The molecule has 0 saturated heterocycles. The molecule has 0 spiro atoms. The Kier molecular flexibility index (Phi) is 28.1. The first-order valence-corrected chi connectivity index (χ1v) is 20.6. The van der Waals surface area contributed by atoms with E-state index in [4.69, 9.17) is 0 Å². The number of nitrogens with one attached hydrogen (secondary N) is 6. The number of benzene rings is 2. The molecule has 0 aliphatic rings. The molecule has 0 atom stereocenters. The van der Waals surface area contributed by atoms with Crippen molar-refractivity contribution in [3.63, 3.8) is 0 Å². The number of rotatable bonds is 34. The van der Waals surface area contributed by atoms with Crippen molar-refractivity contribution in [1.82, 2.24) is 31.9 Å². The standard InChI is InChI=1S/C45H76N6/c1-5-7-9-13-27-46-29-17-31-48-33-19-35-50-38-40(3)21-15-22-41(4)44-25-11-12-26-45(44)43-24-16-23-42(37-43)39-51-36-20-34-49-32-18-30-47-28-14-10-8-6-2/h11-12,15-16,21-26,37,46-51H,3,5-10,13-14,17-20,27-36,38-39H2,1-2,4H3/b21-15-,41-22+. The Labute approximate surface area is 314 Å². The van der Waals surface area contributed by atoms with Gasteiger partial charge in [0.2, 0.25) is 0 Å². The zero-order chi connectivity index (χ0) is 36.5. The summed E-state index contributed by atoms with van der Waals surface area (Å²) >= 11 is 0. The minimum Gasteiger partial charge on any atom is -0.317 e. The Bertz CT molecular complexity index is 1190. The Balaban J connectivity index is 1.62. The van der Waals surface area contributed by atoms with E-state index in [9.17, 15) is 0 Å². The summed E-state index contributed by atoms with van der Waals surface area (Å²) < 4.78 is 0. The fourth-order valence-electron chi connectivity index (χ4n) is 6.09. The SMILES string of the molecule is C=C(/C=C\C=C(/C)c1ccccc1-c1cccc(CNCCCNCCCNCCCCCC)c1)CNCCCNCCCNCCCCCC. The van der Waals surface area contributed by atoms with Gasteiger partial charge in [-0.2, -0.15) is 0 Å². The highest BCUT2D eigenvalue weighted by Crippen LogP contribution is 2.29. The lowest BCUT2D eigenvalue weighted by molar-refractivity contribution is 0.551. The van der Waals surface area contributed by atoms with Crippen LogP contribution in [0.15, 0.2) is 78.9 Å². The summed E-state index contributed by atoms with van der Waals surface area (Å²) in [6, 6.07) is 17.7. The molecule has 0 aliphatic carbocycles. The van der Waals surface area contributed by atoms with Crippen LogP contribution in [0.1, 0.15) is 109 Å². The zero-order valence-corrected chi connectivity index (χ0v) is 33.0. The molecule has 0 radical (unpaired) electrons. The van der Waals surface area contributed by atoms with E-state index in [0.717, 1.165) is 97.0 Å². The number of unbranched alkanes of at least 4 members (excludes halogenated alkanes) is 6. The van der Waals surface area contributed by atoms with Crippen molar-refractivity contribution in [3.8, 4) is 11.1 Å². The van der Waals surface area contributed by atoms with Crippen LogP contribution >= 0.6 is 0 Å². The molecule has 6 N–H and O–H groups in total. The van der Waals surface area contributed by atoms with E-state index in [1.54, 1.807) is 0 Å². The van der Waals surface area contributed by atoms with Crippen molar-refractivity contribution in [2.75, 3.05) is 72.0 Å². The molecule has 0 aromatic heterocycles. The summed E-state index contributed by atoms with van der Waals surface area (Å²) in [5, 5.41) is 21.4. The minimum atomic E-state index is 0.816. The molecular weight excluding hydrogens is 625 g/mol. The Morgan fingerprint density at radius 1 is 0.569 bits per heavy atom. The van der Waals surface area contributed by atoms with Crippen molar-refractivity contribution in [3.05, 3.63) is 90.0 Å². The molecule has 0 bridgehead atoms. The summed E-state index contributed by atoms with van der Waals surface area (Å²) in [7, 11) is 0. The van der Waals surface area contributed by atoms with Crippen LogP contribution in [0, 0.1) is 0 Å². The Morgan fingerprint density at radius 3 is 1.69 bits per heavy atom. The maximum absolute atomic E-state index is 4.25. The van der Waals surface area contributed by atoms with Crippen LogP contribution in [0.25, 0.3) is 16.7 Å². The molecule has 2 rings (SSSR count). The van der Waals surface area contributed by atoms with Gasteiger partial charge in [0.15, 0.2) is 0 Å². The molecule has 51 heavy (non-hydrogen) atoms. The summed E-state index contributed by atoms with van der Waals surface area (Å²) in [5.74, 6) is 0. The van der Waals surface area contributed by atoms with Gasteiger partial charge in [0.25, 0.3) is 0 Å². The van der Waals surface area contributed by atoms with Gasteiger partial charge in [0.05, 0.1) is 0 Å². The maximum Gasteiger partial charge on any atom is 0.0205 e. The minimum absolute atomic E-state index is 0.816. The second kappa shape index (κ2) is 32.1. The molecule has 2 aromatic rings. The predicted octanol–water partition coefficient (Wildman–Crippen LogP) is 8.63. The largest absolute Gasteiger partial charge is 0.317 e. The highest BCUT2D eigenvalue weighted by atomic mass is 14.9. The number of allylic oxidation sites excluding steroid dienone is 3. The second-order valence-corrected chi connectivity index (χ2v) is 14.0. The van der Waals surface area contributed by atoms with Crippen LogP contribution < -0.4 is 31.9 Å². The topological polar surface area (TPSA) is 72.2 Å². The van der Waals surface area contributed by atoms with Gasteiger partial charge in [-0.3, -0.25) is 0 Å². The lowest BCUT2D eigenvalue weighted by Gasteiger charge is -2.12. The Morgan fingerprint density at radius 2 is 1.10 bits per heavy atom. The summed E-state index contributed by atoms with van der Waals surface area (Å²) in [6.07, 6.45) is 21.8. The molecule has 6 heteroatoms. The van der Waals surface area contributed by atoms with E-state index in [2.05, 4.69) is 126 Å². The average molecular weight is 701 g/mol. The van der Waals surface area contributed by atoms with Gasteiger partial charge in [0.1, 0.15) is 0 Å². The van der Waals surface area contributed by atoms with Crippen molar-refractivity contribution in [1.29, 1.82) is 0 Å². The molecule has 0 aliphatic heterocycles. The van der Waals surface area contributed by atoms with Crippen LogP contribution in [0.3, 0.4) is 0 Å². The molecule has 6 nitrogen and oxygen atoms in total. The molecule has 0 fully saturated rings. The fraction of sp³-hybridized carbons (Fsp3) is 0.600. The molecule has 0 amide bonds. The summed E-state index contributed by atoms with van der Waals surface area (Å²) in [4.78, 5) is 0. The van der Waals surface area contributed by atoms with Crippen molar-refractivity contribution in [2.24, 2.45) is 0 Å². The van der Waals surface area contributed by atoms with Gasteiger partial charge < -0.3 is 31.9 Å². The molecule has 0 unspecified atom stereocenters. The third-order valence-corrected chi connectivity index (χ3v) is 9.19. The molecule has 0 heterocycles. The predicted molar refractivity (Wildman–Crippen MR) is 227 cm³/mol. The lowest BCUT2D eigenvalue weighted by Crippen LogP contribution is -2.26. The lowest BCUT2D eigenvalue weighted by atomic mass is 9.94. The van der Waals surface area contributed by atoms with Crippen LogP contribution in [-0.4, -0.2) is 72.0 Å². The van der Waals surface area contributed by atoms with Gasteiger partial charge >= 0.3 is 0 Å². The normalized spacial score (nSPS) is 11.9. The molecular formula is C45H76N6. The van der Waals surface area contributed by atoms with Crippen LogP contribution in [-0.2, 0) is 6.54 Å². The van der Waals surface area contributed by atoms with Gasteiger partial charge in [0, 0.05) is 13.1 Å². The van der Waals surface area contributed by atoms with E-state index in [-0.39, 0.29) is 0 Å². The number of hydrogen-bond acceptors (Lipinski definition) is 6. The van der Waals surface area contributed by atoms with Gasteiger partial charge in [-0.15, -0.1) is 0 Å². The second-order valence-electron chi connectivity index (χ2n) is 14.0. The van der Waals surface area contributed by atoms with E-state index < -0.39 is 0 Å².